The summed E-state index contributed by atoms with van der Waals surface area (Å²) in [4.78, 5) is 13.6. The number of carbonyl (C=O) groups excluding carboxylic acids is 1. The van der Waals surface area contributed by atoms with Crippen LogP contribution in [0.15, 0.2) is 18.2 Å². The highest BCUT2D eigenvalue weighted by atomic mass is 19.1. The van der Waals surface area contributed by atoms with E-state index in [0.29, 0.717) is 18.0 Å². The van der Waals surface area contributed by atoms with E-state index in [9.17, 15) is 9.18 Å². The third kappa shape index (κ3) is 3.44. The van der Waals surface area contributed by atoms with Gasteiger partial charge in [-0.25, -0.2) is 4.39 Å². The zero-order valence-corrected chi connectivity index (χ0v) is 10.5. The average Bonchev–Trinajstić information content (AvgIpc) is 2.31. The van der Waals surface area contributed by atoms with E-state index >= 15 is 0 Å². The Labute approximate surface area is 101 Å². The molecule has 0 aliphatic heterocycles. The van der Waals surface area contributed by atoms with Gasteiger partial charge >= 0.3 is 0 Å². The molecule has 2 N–H and O–H groups in total. The van der Waals surface area contributed by atoms with Gasteiger partial charge < -0.3 is 10.6 Å². The van der Waals surface area contributed by atoms with Crippen molar-refractivity contribution in [1.29, 1.82) is 0 Å². The van der Waals surface area contributed by atoms with Crippen molar-refractivity contribution in [1.82, 2.24) is 4.90 Å². The number of amides is 1. The highest BCUT2D eigenvalue weighted by Gasteiger charge is 2.14. The number of nitrogens with two attached hydrogens (primary N) is 1. The van der Waals surface area contributed by atoms with Crippen LogP contribution in [0.2, 0.25) is 0 Å². The number of hydrogen-bond acceptors (Lipinski definition) is 2. The molecule has 17 heavy (non-hydrogen) atoms. The molecule has 1 atom stereocenters. The molecule has 0 aliphatic rings. The molecule has 1 aromatic rings. The van der Waals surface area contributed by atoms with Crippen LogP contribution in [0.3, 0.4) is 0 Å². The summed E-state index contributed by atoms with van der Waals surface area (Å²) in [7, 11) is 1.72. The fourth-order valence-corrected chi connectivity index (χ4v) is 1.56. The lowest BCUT2D eigenvalue weighted by atomic mass is 10.1. The Kier molecular flexibility index (Phi) is 4.49. The minimum absolute atomic E-state index is 0.0612. The van der Waals surface area contributed by atoms with Crippen LogP contribution in [0.5, 0.6) is 0 Å². The fraction of sp³-hybridized carbons (Fsp3) is 0.462. The first-order chi connectivity index (χ1) is 7.95. The molecule has 1 aromatic carbocycles. The topological polar surface area (TPSA) is 46.3 Å². The third-order valence-corrected chi connectivity index (χ3v) is 2.88. The zero-order chi connectivity index (χ0) is 13.0. The predicted molar refractivity (Wildman–Crippen MR) is 67.2 cm³/mol. The Hall–Kier alpha value is -1.58. The fourth-order valence-electron chi connectivity index (χ4n) is 1.56. The van der Waals surface area contributed by atoms with Crippen molar-refractivity contribution in [3.05, 3.63) is 29.6 Å². The molecule has 3 nitrogen and oxygen atoms in total. The summed E-state index contributed by atoms with van der Waals surface area (Å²) in [5.74, 6) is -0.292. The van der Waals surface area contributed by atoms with E-state index in [1.807, 2.05) is 0 Å². The van der Waals surface area contributed by atoms with Crippen molar-refractivity contribution >= 4 is 11.6 Å². The Morgan fingerprint density at radius 1 is 1.53 bits per heavy atom. The third-order valence-electron chi connectivity index (χ3n) is 2.88. The van der Waals surface area contributed by atoms with Crippen molar-refractivity contribution in [3.8, 4) is 0 Å². The van der Waals surface area contributed by atoms with Gasteiger partial charge in [0.25, 0.3) is 5.91 Å². The van der Waals surface area contributed by atoms with Crippen LogP contribution in [0.4, 0.5) is 10.1 Å². The van der Waals surface area contributed by atoms with Crippen LogP contribution in [-0.4, -0.2) is 24.4 Å². The molecule has 0 saturated carbocycles. The maximum absolute atomic E-state index is 13.2. The molecular weight excluding hydrogens is 219 g/mol. The Morgan fingerprint density at radius 2 is 2.18 bits per heavy atom. The van der Waals surface area contributed by atoms with Crippen LogP contribution in [0.1, 0.15) is 30.6 Å². The molecular formula is C13H19FN2O. The quantitative estimate of drug-likeness (QED) is 0.819. The molecule has 0 aromatic heterocycles. The number of benzene rings is 1. The standard InChI is InChI=1S/C13H19FN2O/c1-4-9(2)8-16(3)13(17)10-5-6-12(15)11(14)7-10/h5-7,9H,4,8,15H2,1-3H3. The van der Waals surface area contributed by atoms with Crippen LogP contribution in [0, 0.1) is 11.7 Å². The Balaban J connectivity index is 2.78. The van der Waals surface area contributed by atoms with Gasteiger partial charge in [-0.15, -0.1) is 0 Å². The summed E-state index contributed by atoms with van der Waals surface area (Å²) in [5.41, 5.74) is 5.76. The van der Waals surface area contributed by atoms with Gasteiger partial charge in [-0.2, -0.15) is 0 Å². The summed E-state index contributed by atoms with van der Waals surface area (Å²) >= 11 is 0. The van der Waals surface area contributed by atoms with E-state index in [1.54, 1.807) is 18.0 Å². The highest BCUT2D eigenvalue weighted by Crippen LogP contribution is 2.14. The minimum atomic E-state index is -0.548. The largest absolute Gasteiger partial charge is 0.396 e. The average molecular weight is 238 g/mol. The SMILES string of the molecule is CCC(C)CN(C)C(=O)c1ccc(N)c(F)c1. The Bertz CT molecular complexity index is 406. The zero-order valence-electron chi connectivity index (χ0n) is 10.5. The summed E-state index contributed by atoms with van der Waals surface area (Å²) in [6.45, 7) is 4.82. The first kappa shape index (κ1) is 13.5. The van der Waals surface area contributed by atoms with Crippen molar-refractivity contribution in [3.63, 3.8) is 0 Å². The summed E-state index contributed by atoms with van der Waals surface area (Å²) in [6, 6.07) is 4.15. The smallest absolute Gasteiger partial charge is 0.253 e. The molecule has 0 radical (unpaired) electrons. The number of hydrogen-bond donors (Lipinski definition) is 1. The normalized spacial score (nSPS) is 12.2. The number of carbonyl (C=O) groups is 1. The molecule has 0 bridgehead atoms. The molecule has 4 heteroatoms. The van der Waals surface area contributed by atoms with Crippen LogP contribution < -0.4 is 5.73 Å². The van der Waals surface area contributed by atoms with Crippen molar-refractivity contribution in [2.24, 2.45) is 5.92 Å². The summed E-state index contributed by atoms with van der Waals surface area (Å²) in [6.07, 6.45) is 1.01. The van der Waals surface area contributed by atoms with Crippen molar-refractivity contribution in [2.75, 3.05) is 19.3 Å². The van der Waals surface area contributed by atoms with Crippen LogP contribution in [-0.2, 0) is 0 Å². The van der Waals surface area contributed by atoms with Crippen molar-refractivity contribution in [2.45, 2.75) is 20.3 Å². The second-order valence-corrected chi connectivity index (χ2v) is 4.44. The molecule has 0 spiro atoms. The number of nitrogen functional groups attached to an aromatic ring is 1. The summed E-state index contributed by atoms with van der Waals surface area (Å²) in [5, 5.41) is 0. The van der Waals surface area contributed by atoms with E-state index in [-0.39, 0.29) is 11.6 Å². The molecule has 1 unspecified atom stereocenters. The van der Waals surface area contributed by atoms with E-state index in [1.165, 1.54) is 12.1 Å². The van der Waals surface area contributed by atoms with E-state index in [2.05, 4.69) is 13.8 Å². The van der Waals surface area contributed by atoms with Gasteiger partial charge in [-0.05, 0) is 24.1 Å². The maximum Gasteiger partial charge on any atom is 0.253 e. The van der Waals surface area contributed by atoms with Crippen LogP contribution in [0.25, 0.3) is 0 Å². The number of halogens is 1. The highest BCUT2D eigenvalue weighted by molar-refractivity contribution is 5.94. The van der Waals surface area contributed by atoms with Gasteiger partial charge in [0.15, 0.2) is 0 Å². The molecule has 0 aliphatic carbocycles. The second-order valence-electron chi connectivity index (χ2n) is 4.44. The van der Waals surface area contributed by atoms with Crippen LogP contribution >= 0.6 is 0 Å². The minimum Gasteiger partial charge on any atom is -0.396 e. The van der Waals surface area contributed by atoms with Gasteiger partial charge in [0, 0.05) is 19.2 Å². The van der Waals surface area contributed by atoms with Gasteiger partial charge in [0.1, 0.15) is 5.82 Å². The van der Waals surface area contributed by atoms with E-state index in [4.69, 9.17) is 5.73 Å². The Morgan fingerprint density at radius 3 is 2.71 bits per heavy atom. The first-order valence-electron chi connectivity index (χ1n) is 5.76. The lowest BCUT2D eigenvalue weighted by molar-refractivity contribution is 0.0774. The molecule has 1 rings (SSSR count). The monoisotopic (exact) mass is 238 g/mol. The number of rotatable bonds is 4. The first-order valence-corrected chi connectivity index (χ1v) is 5.76. The molecule has 0 saturated heterocycles. The lowest BCUT2D eigenvalue weighted by Crippen LogP contribution is -2.30. The van der Waals surface area contributed by atoms with Gasteiger partial charge in [0.05, 0.1) is 5.69 Å². The molecule has 0 fully saturated rings. The molecule has 94 valence electrons. The van der Waals surface area contributed by atoms with E-state index in [0.717, 1.165) is 6.42 Å². The summed E-state index contributed by atoms with van der Waals surface area (Å²) < 4.78 is 13.2. The molecule has 0 heterocycles. The van der Waals surface area contributed by atoms with E-state index < -0.39 is 5.82 Å². The van der Waals surface area contributed by atoms with Gasteiger partial charge in [-0.3, -0.25) is 4.79 Å². The van der Waals surface area contributed by atoms with Gasteiger partial charge in [0.2, 0.25) is 0 Å². The predicted octanol–water partition coefficient (Wildman–Crippen LogP) is 2.53. The number of anilines is 1. The van der Waals surface area contributed by atoms with Gasteiger partial charge in [-0.1, -0.05) is 20.3 Å². The maximum atomic E-state index is 13.2. The second kappa shape index (κ2) is 5.66. The lowest BCUT2D eigenvalue weighted by Gasteiger charge is -2.20. The number of nitrogens with zero attached hydrogens (tertiary/aromatic N) is 1. The molecule has 1 amide bonds. The van der Waals surface area contributed by atoms with Crippen molar-refractivity contribution < 1.29 is 9.18 Å².